The predicted octanol–water partition coefficient (Wildman–Crippen LogP) is 6.01. The summed E-state index contributed by atoms with van der Waals surface area (Å²) in [5, 5.41) is 16.8. The van der Waals surface area contributed by atoms with Gasteiger partial charge in [0.05, 0.1) is 6.04 Å². The number of hydrogen-bond donors (Lipinski definition) is 1. The summed E-state index contributed by atoms with van der Waals surface area (Å²) < 4.78 is 2.44. The molecular formula is C28H43N5OS. The Hall–Kier alpha value is -1.73. The van der Waals surface area contributed by atoms with Gasteiger partial charge in [0.25, 0.3) is 0 Å². The van der Waals surface area contributed by atoms with E-state index in [1.165, 1.54) is 44.1 Å². The maximum atomic E-state index is 13.2. The SMILES string of the molecule is CCC1CCC(C(=O)N[C@@H](CCN2[C@@H]3CC[C@H]2C[C@H](n2c(C)nnc2C(C)C)C3)c2ccsc2)C1. The average Bonchev–Trinajstić information content (AvgIpc) is 3.63. The predicted molar refractivity (Wildman–Crippen MR) is 142 cm³/mol. The molecule has 6 atom stereocenters. The van der Waals surface area contributed by atoms with Crippen LogP contribution in [-0.4, -0.2) is 44.2 Å². The zero-order valence-electron chi connectivity index (χ0n) is 21.9. The van der Waals surface area contributed by atoms with E-state index < -0.39 is 0 Å². The molecule has 3 fully saturated rings. The van der Waals surface area contributed by atoms with E-state index in [4.69, 9.17) is 0 Å². The van der Waals surface area contributed by atoms with Crippen molar-refractivity contribution in [2.45, 2.75) is 116 Å². The van der Waals surface area contributed by atoms with Crippen LogP contribution in [0.1, 0.15) is 114 Å². The molecule has 2 bridgehead atoms. The number of aromatic nitrogens is 3. The number of carbonyl (C=O) groups is 1. The molecule has 6 nitrogen and oxygen atoms in total. The minimum Gasteiger partial charge on any atom is -0.349 e. The fraction of sp³-hybridized carbons (Fsp3) is 0.750. The number of hydrogen-bond acceptors (Lipinski definition) is 5. The van der Waals surface area contributed by atoms with Gasteiger partial charge in [-0.15, -0.1) is 10.2 Å². The monoisotopic (exact) mass is 497 g/mol. The van der Waals surface area contributed by atoms with E-state index in [-0.39, 0.29) is 17.9 Å². The van der Waals surface area contributed by atoms with Gasteiger partial charge in [0.15, 0.2) is 0 Å². The zero-order chi connectivity index (χ0) is 24.5. The number of carbonyl (C=O) groups excluding carboxylic acids is 1. The number of rotatable bonds is 9. The molecule has 4 heterocycles. The highest BCUT2D eigenvalue weighted by Gasteiger charge is 2.42. The van der Waals surface area contributed by atoms with E-state index in [0.29, 0.717) is 24.0 Å². The van der Waals surface area contributed by atoms with Crippen LogP contribution in [0.15, 0.2) is 16.8 Å². The van der Waals surface area contributed by atoms with Crippen molar-refractivity contribution in [3.8, 4) is 0 Å². The van der Waals surface area contributed by atoms with Gasteiger partial charge in [0.1, 0.15) is 11.6 Å². The van der Waals surface area contributed by atoms with Crippen LogP contribution >= 0.6 is 11.3 Å². The van der Waals surface area contributed by atoms with E-state index in [0.717, 1.165) is 43.4 Å². The van der Waals surface area contributed by atoms with E-state index >= 15 is 0 Å². The van der Waals surface area contributed by atoms with Gasteiger partial charge in [-0.25, -0.2) is 0 Å². The first-order valence-corrected chi connectivity index (χ1v) is 14.9. The normalized spacial score (nSPS) is 29.7. The van der Waals surface area contributed by atoms with Crippen molar-refractivity contribution >= 4 is 17.2 Å². The smallest absolute Gasteiger partial charge is 0.223 e. The molecular weight excluding hydrogens is 454 g/mol. The Morgan fingerprint density at radius 2 is 1.89 bits per heavy atom. The first-order chi connectivity index (χ1) is 16.9. The van der Waals surface area contributed by atoms with Gasteiger partial charge in [0.2, 0.25) is 5.91 Å². The molecule has 2 aromatic heterocycles. The highest BCUT2D eigenvalue weighted by atomic mass is 32.1. The van der Waals surface area contributed by atoms with Gasteiger partial charge in [0, 0.05) is 36.5 Å². The van der Waals surface area contributed by atoms with Crippen molar-refractivity contribution in [1.82, 2.24) is 25.0 Å². The third-order valence-electron chi connectivity index (χ3n) is 9.06. The van der Waals surface area contributed by atoms with Crippen molar-refractivity contribution < 1.29 is 4.79 Å². The summed E-state index contributed by atoms with van der Waals surface area (Å²) in [7, 11) is 0. The molecule has 1 saturated carbocycles. The summed E-state index contributed by atoms with van der Waals surface area (Å²) in [5.74, 6) is 3.81. The van der Waals surface area contributed by atoms with Crippen LogP contribution < -0.4 is 5.32 Å². The number of fused-ring (bicyclic) bond motifs is 2. The lowest BCUT2D eigenvalue weighted by molar-refractivity contribution is -0.125. The van der Waals surface area contributed by atoms with Gasteiger partial charge < -0.3 is 9.88 Å². The fourth-order valence-electron chi connectivity index (χ4n) is 7.10. The van der Waals surface area contributed by atoms with Gasteiger partial charge in [-0.2, -0.15) is 11.3 Å². The van der Waals surface area contributed by atoms with Crippen LogP contribution in [0.4, 0.5) is 0 Å². The second-order valence-electron chi connectivity index (χ2n) is 11.6. The molecule has 2 aliphatic heterocycles. The van der Waals surface area contributed by atoms with E-state index in [1.54, 1.807) is 11.3 Å². The molecule has 0 aromatic carbocycles. The Morgan fingerprint density at radius 1 is 1.11 bits per heavy atom. The molecule has 7 heteroatoms. The summed E-state index contributed by atoms with van der Waals surface area (Å²) in [6.07, 6.45) is 10.5. The molecule has 5 rings (SSSR count). The summed E-state index contributed by atoms with van der Waals surface area (Å²) in [4.78, 5) is 15.9. The van der Waals surface area contributed by atoms with E-state index in [1.807, 2.05) is 0 Å². The molecule has 0 radical (unpaired) electrons. The highest BCUT2D eigenvalue weighted by Crippen LogP contribution is 2.42. The fourth-order valence-corrected chi connectivity index (χ4v) is 7.81. The summed E-state index contributed by atoms with van der Waals surface area (Å²) >= 11 is 1.73. The zero-order valence-corrected chi connectivity index (χ0v) is 22.8. The molecule has 1 N–H and O–H groups in total. The molecule has 2 unspecified atom stereocenters. The number of amides is 1. The number of aryl methyl sites for hydroxylation is 1. The Kier molecular flexibility index (Phi) is 7.63. The average molecular weight is 498 g/mol. The van der Waals surface area contributed by atoms with Crippen molar-refractivity contribution in [3.63, 3.8) is 0 Å². The molecule has 2 saturated heterocycles. The van der Waals surface area contributed by atoms with Crippen LogP contribution in [0.5, 0.6) is 0 Å². The van der Waals surface area contributed by atoms with Gasteiger partial charge in [-0.3, -0.25) is 9.69 Å². The number of piperidine rings is 1. The molecule has 3 aliphatic rings. The maximum Gasteiger partial charge on any atom is 0.223 e. The second kappa shape index (κ2) is 10.7. The Balaban J connectivity index is 1.23. The molecule has 0 spiro atoms. The van der Waals surface area contributed by atoms with E-state index in [2.05, 4.69) is 69.5 Å². The lowest BCUT2D eigenvalue weighted by Crippen LogP contribution is -2.45. The maximum absolute atomic E-state index is 13.2. The van der Waals surface area contributed by atoms with Crippen LogP contribution in [0.2, 0.25) is 0 Å². The first-order valence-electron chi connectivity index (χ1n) is 13.9. The van der Waals surface area contributed by atoms with Crippen LogP contribution in [0.25, 0.3) is 0 Å². The quantitative estimate of drug-likeness (QED) is 0.461. The standard InChI is InChI=1S/C28H43N5OS/c1-5-20-6-7-21(14-20)28(34)29-26(22-11-13-35-17-22)10-12-32-23-8-9-24(32)16-25(15-23)33-19(4)30-31-27(33)18(2)3/h11,13,17-18,20-21,23-26H,5-10,12,14-16H2,1-4H3,(H,29,34)/t20?,21?,23-,24+,25-,26-/m0/s1. The number of nitrogens with zero attached hydrogens (tertiary/aromatic N) is 4. The van der Waals surface area contributed by atoms with Crippen molar-refractivity contribution in [1.29, 1.82) is 0 Å². The minimum atomic E-state index is 0.124. The van der Waals surface area contributed by atoms with Gasteiger partial charge in [-0.1, -0.05) is 27.2 Å². The van der Waals surface area contributed by atoms with Crippen LogP contribution in [0.3, 0.4) is 0 Å². The van der Waals surface area contributed by atoms with Gasteiger partial charge in [-0.05, 0) is 86.6 Å². The van der Waals surface area contributed by atoms with Crippen LogP contribution in [-0.2, 0) is 4.79 Å². The highest BCUT2D eigenvalue weighted by molar-refractivity contribution is 7.08. The molecule has 35 heavy (non-hydrogen) atoms. The summed E-state index contributed by atoms with van der Waals surface area (Å²) in [6, 6.07) is 4.08. The molecule has 1 amide bonds. The van der Waals surface area contributed by atoms with Crippen molar-refractivity contribution in [3.05, 3.63) is 34.0 Å². The Bertz CT molecular complexity index is 972. The molecule has 1 aliphatic carbocycles. The lowest BCUT2D eigenvalue weighted by atomic mass is 9.95. The molecule has 192 valence electrons. The van der Waals surface area contributed by atoms with Gasteiger partial charge >= 0.3 is 0 Å². The third-order valence-corrected chi connectivity index (χ3v) is 9.76. The van der Waals surface area contributed by atoms with Crippen LogP contribution in [0, 0.1) is 18.8 Å². The largest absolute Gasteiger partial charge is 0.349 e. The minimum absolute atomic E-state index is 0.124. The van der Waals surface area contributed by atoms with Crippen molar-refractivity contribution in [2.24, 2.45) is 11.8 Å². The number of thiophene rings is 1. The number of nitrogens with one attached hydrogen (secondary N) is 1. The topological polar surface area (TPSA) is 63.1 Å². The Labute approximate surface area is 214 Å². The first kappa shape index (κ1) is 24.9. The Morgan fingerprint density at radius 3 is 2.51 bits per heavy atom. The second-order valence-corrected chi connectivity index (χ2v) is 12.3. The molecule has 2 aromatic rings. The van der Waals surface area contributed by atoms with Crippen molar-refractivity contribution in [2.75, 3.05) is 6.54 Å². The third kappa shape index (κ3) is 5.22. The lowest BCUT2D eigenvalue weighted by Gasteiger charge is -2.40. The summed E-state index contributed by atoms with van der Waals surface area (Å²) in [6.45, 7) is 9.86. The van der Waals surface area contributed by atoms with E-state index in [9.17, 15) is 4.79 Å². The summed E-state index contributed by atoms with van der Waals surface area (Å²) in [5.41, 5.74) is 1.28.